The number of nitrogens with one attached hydrogen (secondary N) is 1. The van der Waals surface area contributed by atoms with Crippen molar-refractivity contribution in [2.24, 2.45) is 0 Å². The maximum atomic E-state index is 14.3. The molecule has 2 saturated heterocycles. The number of rotatable bonds is 9. The molecule has 14 heteroatoms. The zero-order valence-electron chi connectivity index (χ0n) is 22.5. The van der Waals surface area contributed by atoms with Crippen LogP contribution in [0.5, 0.6) is 0 Å². The van der Waals surface area contributed by atoms with E-state index in [0.29, 0.717) is 73.8 Å². The molecule has 2 aliphatic heterocycles. The fraction of sp³-hybridized carbons (Fsp3) is 0.481. The van der Waals surface area contributed by atoms with E-state index in [0.717, 1.165) is 36.4 Å². The van der Waals surface area contributed by atoms with Crippen LogP contribution in [0.15, 0.2) is 30.6 Å². The van der Waals surface area contributed by atoms with E-state index < -0.39 is 23.5 Å². The van der Waals surface area contributed by atoms with E-state index in [1.54, 1.807) is 6.07 Å². The summed E-state index contributed by atoms with van der Waals surface area (Å²) in [6.07, 6.45) is -1.08. The zero-order valence-corrected chi connectivity index (χ0v) is 23.3. The first-order chi connectivity index (χ1) is 19.5. The average Bonchev–Trinajstić information content (AvgIpc) is 3.52. The molecule has 2 aromatic heterocycles. The molecule has 0 spiro atoms. The van der Waals surface area contributed by atoms with E-state index in [1.807, 2.05) is 0 Å². The molecule has 3 aromatic rings. The number of hydrogen-bond acceptors (Lipinski definition) is 9. The molecule has 0 radical (unpaired) electrons. The van der Waals surface area contributed by atoms with Crippen LogP contribution in [0, 0.1) is 5.82 Å². The van der Waals surface area contributed by atoms with Crippen LogP contribution in [0.3, 0.4) is 0 Å². The van der Waals surface area contributed by atoms with Crippen molar-refractivity contribution in [1.82, 2.24) is 24.8 Å². The van der Waals surface area contributed by atoms with Crippen LogP contribution >= 0.6 is 11.3 Å². The maximum absolute atomic E-state index is 14.3. The largest absolute Gasteiger partial charge is 0.481 e. The smallest absolute Gasteiger partial charge is 0.416 e. The number of carboxylic acids is 1. The number of aromatic nitrogens is 3. The summed E-state index contributed by atoms with van der Waals surface area (Å²) in [6.45, 7) is 6.76. The van der Waals surface area contributed by atoms with Gasteiger partial charge in [0.25, 0.3) is 0 Å². The third kappa shape index (κ3) is 7.29. The molecule has 220 valence electrons. The van der Waals surface area contributed by atoms with Crippen molar-refractivity contribution in [2.75, 3.05) is 49.5 Å². The van der Waals surface area contributed by atoms with Gasteiger partial charge in [-0.25, -0.2) is 19.3 Å². The minimum Gasteiger partial charge on any atom is -0.481 e. The average molecular weight is 594 g/mol. The van der Waals surface area contributed by atoms with Gasteiger partial charge < -0.3 is 15.3 Å². The van der Waals surface area contributed by atoms with Gasteiger partial charge in [-0.2, -0.15) is 13.2 Å². The van der Waals surface area contributed by atoms with Crippen molar-refractivity contribution in [3.63, 3.8) is 0 Å². The molecule has 5 rings (SSSR count). The zero-order chi connectivity index (χ0) is 29.1. The molecule has 0 aliphatic carbocycles. The van der Waals surface area contributed by atoms with E-state index in [9.17, 15) is 22.4 Å². The third-order valence-corrected chi connectivity index (χ3v) is 8.41. The second kappa shape index (κ2) is 12.2. The summed E-state index contributed by atoms with van der Waals surface area (Å²) in [5.41, 5.74) is -0.667. The molecule has 41 heavy (non-hydrogen) atoms. The van der Waals surface area contributed by atoms with E-state index in [-0.39, 0.29) is 12.0 Å². The number of halogens is 4. The van der Waals surface area contributed by atoms with Crippen LogP contribution in [0.1, 0.15) is 36.6 Å². The van der Waals surface area contributed by atoms with Gasteiger partial charge in [-0.05, 0) is 44.5 Å². The Kier molecular flexibility index (Phi) is 8.71. The summed E-state index contributed by atoms with van der Waals surface area (Å²) < 4.78 is 54.7. The monoisotopic (exact) mass is 593 g/mol. The van der Waals surface area contributed by atoms with Crippen molar-refractivity contribution in [3.05, 3.63) is 46.9 Å². The van der Waals surface area contributed by atoms with E-state index in [4.69, 9.17) is 5.11 Å². The molecular formula is C27H31F4N7O2S. The minimum absolute atomic E-state index is 0.0765. The van der Waals surface area contributed by atoms with Crippen LogP contribution in [0.4, 0.5) is 34.3 Å². The summed E-state index contributed by atoms with van der Waals surface area (Å²) in [4.78, 5) is 31.3. The molecule has 2 aliphatic rings. The SMILES string of the molecule is C[C@@H]1CCCN1Cc1sc(Nc2cc(N3CCN(CCC(=O)O)CC3)ncn2)nc1-c1cc(F)cc(C(F)(F)F)c1. The third-order valence-electron chi connectivity index (χ3n) is 7.46. The summed E-state index contributed by atoms with van der Waals surface area (Å²) in [6, 6.07) is 4.63. The van der Waals surface area contributed by atoms with Gasteiger partial charge in [-0.3, -0.25) is 14.6 Å². The number of likely N-dealkylation sites (tertiary alicyclic amines) is 1. The maximum Gasteiger partial charge on any atom is 0.416 e. The lowest BCUT2D eigenvalue weighted by atomic mass is 10.1. The highest BCUT2D eigenvalue weighted by atomic mass is 32.1. The number of anilines is 3. The van der Waals surface area contributed by atoms with Crippen LogP contribution < -0.4 is 10.2 Å². The first-order valence-corrected chi connectivity index (χ1v) is 14.3. The number of hydrogen-bond donors (Lipinski definition) is 2. The highest BCUT2D eigenvalue weighted by Crippen LogP contribution is 2.38. The van der Waals surface area contributed by atoms with Gasteiger partial charge in [0.1, 0.15) is 23.8 Å². The fourth-order valence-electron chi connectivity index (χ4n) is 5.19. The van der Waals surface area contributed by atoms with Gasteiger partial charge in [0.05, 0.1) is 17.7 Å². The lowest BCUT2D eigenvalue weighted by Gasteiger charge is -2.35. The number of carboxylic acid groups (broad SMARTS) is 1. The molecule has 0 amide bonds. The summed E-state index contributed by atoms with van der Waals surface area (Å²) in [5.74, 6) is -0.620. The Morgan fingerprint density at radius 3 is 2.59 bits per heavy atom. The van der Waals surface area contributed by atoms with Crippen molar-refractivity contribution in [3.8, 4) is 11.3 Å². The van der Waals surface area contributed by atoms with Crippen molar-refractivity contribution in [2.45, 2.75) is 44.9 Å². The second-order valence-corrected chi connectivity index (χ2v) is 11.4. The molecule has 2 fully saturated rings. The molecule has 0 unspecified atom stereocenters. The number of aliphatic carboxylic acids is 1. The van der Waals surface area contributed by atoms with Crippen molar-refractivity contribution >= 4 is 34.1 Å². The van der Waals surface area contributed by atoms with Crippen LogP contribution in [-0.2, 0) is 17.5 Å². The Morgan fingerprint density at radius 1 is 1.12 bits per heavy atom. The van der Waals surface area contributed by atoms with Gasteiger partial charge in [0.15, 0.2) is 5.13 Å². The fourth-order valence-corrected chi connectivity index (χ4v) is 6.21. The Hall–Kier alpha value is -3.36. The van der Waals surface area contributed by atoms with Gasteiger partial charge in [-0.15, -0.1) is 0 Å². The Morgan fingerprint density at radius 2 is 1.90 bits per heavy atom. The van der Waals surface area contributed by atoms with Crippen LogP contribution in [0.25, 0.3) is 11.3 Å². The molecule has 4 heterocycles. The molecule has 1 aromatic carbocycles. The lowest BCUT2D eigenvalue weighted by molar-refractivity contribution is -0.138. The van der Waals surface area contributed by atoms with Crippen LogP contribution in [0.2, 0.25) is 0 Å². The van der Waals surface area contributed by atoms with Crippen molar-refractivity contribution in [1.29, 1.82) is 0 Å². The van der Waals surface area contributed by atoms with E-state index >= 15 is 0 Å². The minimum atomic E-state index is -4.68. The molecule has 2 N–H and O–H groups in total. The first-order valence-electron chi connectivity index (χ1n) is 13.5. The van der Waals surface area contributed by atoms with Crippen LogP contribution in [-0.4, -0.2) is 81.1 Å². The summed E-state index contributed by atoms with van der Waals surface area (Å²) >= 11 is 1.31. The normalized spacial score (nSPS) is 18.7. The Bertz CT molecular complexity index is 1380. The molecule has 0 saturated carbocycles. The molecule has 0 bridgehead atoms. The number of carbonyl (C=O) groups is 1. The number of piperazine rings is 1. The second-order valence-electron chi connectivity index (χ2n) is 10.3. The van der Waals surface area contributed by atoms with E-state index in [2.05, 4.69) is 41.9 Å². The van der Waals surface area contributed by atoms with Gasteiger partial charge in [-0.1, -0.05) is 11.3 Å². The highest BCUT2D eigenvalue weighted by molar-refractivity contribution is 7.16. The molecule has 1 atom stereocenters. The Balaban J connectivity index is 1.37. The lowest BCUT2D eigenvalue weighted by Crippen LogP contribution is -2.47. The number of alkyl halides is 3. The number of benzene rings is 1. The Labute approximate surface area is 238 Å². The standard InChI is InChI=1S/C27H31F4N7O2S/c1-17-3-2-5-38(17)15-21-25(18-11-19(27(29,30)31)13-20(28)12-18)35-26(41-21)34-22-14-23(33-16-32-22)37-9-7-36(8-10-37)6-4-24(39)40/h11-14,16-17H,2-10,15H2,1H3,(H,39,40)(H,32,33,34,35)/t17-/m1/s1. The number of thiazole rings is 1. The highest BCUT2D eigenvalue weighted by Gasteiger charge is 2.32. The molecular weight excluding hydrogens is 562 g/mol. The first kappa shape index (κ1) is 29.1. The predicted molar refractivity (Wildman–Crippen MR) is 148 cm³/mol. The predicted octanol–water partition coefficient (Wildman–Crippen LogP) is 5.08. The van der Waals surface area contributed by atoms with Gasteiger partial charge in [0, 0.05) is 61.8 Å². The quantitative estimate of drug-likeness (QED) is 0.329. The summed E-state index contributed by atoms with van der Waals surface area (Å²) in [5, 5.41) is 12.5. The van der Waals surface area contributed by atoms with Gasteiger partial charge in [0.2, 0.25) is 0 Å². The number of nitrogens with zero attached hydrogens (tertiary/aromatic N) is 6. The topological polar surface area (TPSA) is 97.7 Å². The van der Waals surface area contributed by atoms with Crippen molar-refractivity contribution < 1.29 is 27.5 Å². The van der Waals surface area contributed by atoms with E-state index in [1.165, 1.54) is 17.7 Å². The summed E-state index contributed by atoms with van der Waals surface area (Å²) in [7, 11) is 0. The van der Waals surface area contributed by atoms with Gasteiger partial charge >= 0.3 is 12.1 Å². The molecule has 9 nitrogen and oxygen atoms in total.